The largest absolute Gasteiger partial charge is 0.443 e. The van der Waals surface area contributed by atoms with Crippen LogP contribution in [0.2, 0.25) is 0 Å². The Kier molecular flexibility index (Phi) is 2.04. The Bertz CT molecular complexity index is 431. The van der Waals surface area contributed by atoms with Crippen LogP contribution in [0.15, 0.2) is 22.7 Å². The SMILES string of the molecule is OC1CCCNC1c1cc2cc[nH]c2o1. The summed E-state index contributed by atoms with van der Waals surface area (Å²) < 4.78 is 5.64. The van der Waals surface area contributed by atoms with Crippen molar-refractivity contribution in [3.63, 3.8) is 0 Å². The maximum atomic E-state index is 9.85. The smallest absolute Gasteiger partial charge is 0.204 e. The van der Waals surface area contributed by atoms with E-state index in [0.717, 1.165) is 36.2 Å². The van der Waals surface area contributed by atoms with Crippen LogP contribution in [-0.4, -0.2) is 22.7 Å². The third-order valence-electron chi connectivity index (χ3n) is 2.99. The first kappa shape index (κ1) is 9.00. The summed E-state index contributed by atoms with van der Waals surface area (Å²) in [4.78, 5) is 3.02. The summed E-state index contributed by atoms with van der Waals surface area (Å²) in [7, 11) is 0. The minimum atomic E-state index is -0.339. The summed E-state index contributed by atoms with van der Waals surface area (Å²) in [6.07, 6.45) is 3.37. The monoisotopic (exact) mass is 206 g/mol. The van der Waals surface area contributed by atoms with Gasteiger partial charge in [-0.3, -0.25) is 0 Å². The number of aliphatic hydroxyl groups is 1. The Hall–Kier alpha value is -1.26. The molecule has 0 radical (unpaired) electrons. The molecule has 4 nitrogen and oxygen atoms in total. The lowest BCUT2D eigenvalue weighted by molar-refractivity contribution is 0.0872. The third-order valence-corrected chi connectivity index (χ3v) is 2.99. The molecule has 2 aromatic heterocycles. The summed E-state index contributed by atoms with van der Waals surface area (Å²) in [5.74, 6) is 0.823. The number of aliphatic hydroxyl groups excluding tert-OH is 1. The number of piperidine rings is 1. The van der Waals surface area contributed by atoms with Gasteiger partial charge in [0.25, 0.3) is 0 Å². The fourth-order valence-corrected chi connectivity index (χ4v) is 2.18. The summed E-state index contributed by atoms with van der Waals surface area (Å²) in [6, 6.07) is 3.90. The first-order valence-corrected chi connectivity index (χ1v) is 5.33. The van der Waals surface area contributed by atoms with Crippen molar-refractivity contribution < 1.29 is 9.52 Å². The molecular formula is C11H14N2O2. The summed E-state index contributed by atoms with van der Waals surface area (Å²) in [6.45, 7) is 0.941. The maximum Gasteiger partial charge on any atom is 0.204 e. The molecule has 80 valence electrons. The summed E-state index contributed by atoms with van der Waals surface area (Å²) >= 11 is 0. The van der Waals surface area contributed by atoms with Crippen LogP contribution in [0.25, 0.3) is 11.1 Å². The van der Waals surface area contributed by atoms with Crippen molar-refractivity contribution in [2.45, 2.75) is 25.0 Å². The first-order valence-electron chi connectivity index (χ1n) is 5.33. The minimum Gasteiger partial charge on any atom is -0.443 e. The normalized spacial score (nSPS) is 27.3. The standard InChI is InChI=1S/C11H14N2O2/c14-8-2-1-4-12-10(8)9-6-7-3-5-13-11(7)15-9/h3,5-6,8,10,12-14H,1-2,4H2. The van der Waals surface area contributed by atoms with Gasteiger partial charge >= 0.3 is 0 Å². The number of furan rings is 1. The Morgan fingerprint density at radius 2 is 2.40 bits per heavy atom. The van der Waals surface area contributed by atoms with Crippen LogP contribution < -0.4 is 5.32 Å². The molecule has 3 heterocycles. The van der Waals surface area contributed by atoms with Gasteiger partial charge in [0.15, 0.2) is 0 Å². The number of hydrogen-bond acceptors (Lipinski definition) is 3. The van der Waals surface area contributed by atoms with Gasteiger partial charge < -0.3 is 19.8 Å². The quantitative estimate of drug-likeness (QED) is 0.663. The lowest BCUT2D eigenvalue weighted by atomic mass is 9.99. The molecule has 1 saturated heterocycles. The van der Waals surface area contributed by atoms with Gasteiger partial charge in [-0.15, -0.1) is 0 Å². The van der Waals surface area contributed by atoms with E-state index >= 15 is 0 Å². The molecule has 4 heteroatoms. The van der Waals surface area contributed by atoms with Gasteiger partial charge in [0.1, 0.15) is 5.76 Å². The van der Waals surface area contributed by atoms with Gasteiger partial charge in [-0.25, -0.2) is 0 Å². The Morgan fingerprint density at radius 1 is 1.47 bits per heavy atom. The molecule has 2 unspecified atom stereocenters. The maximum absolute atomic E-state index is 9.85. The molecule has 1 aliphatic heterocycles. The average molecular weight is 206 g/mol. The fraction of sp³-hybridized carbons (Fsp3) is 0.455. The number of fused-ring (bicyclic) bond motifs is 1. The number of H-pyrrole nitrogens is 1. The van der Waals surface area contributed by atoms with Crippen LogP contribution in [0.1, 0.15) is 24.6 Å². The molecule has 0 saturated carbocycles. The van der Waals surface area contributed by atoms with E-state index in [0.29, 0.717) is 0 Å². The van der Waals surface area contributed by atoms with Crippen molar-refractivity contribution in [2.24, 2.45) is 0 Å². The van der Waals surface area contributed by atoms with Crippen molar-refractivity contribution in [1.29, 1.82) is 0 Å². The molecule has 15 heavy (non-hydrogen) atoms. The van der Waals surface area contributed by atoms with E-state index in [1.165, 1.54) is 0 Å². The average Bonchev–Trinajstić information content (AvgIpc) is 2.77. The summed E-state index contributed by atoms with van der Waals surface area (Å²) in [5.41, 5.74) is 0.782. The highest BCUT2D eigenvalue weighted by Crippen LogP contribution is 2.28. The molecular weight excluding hydrogens is 192 g/mol. The van der Waals surface area contributed by atoms with Crippen LogP contribution in [-0.2, 0) is 0 Å². The highest BCUT2D eigenvalue weighted by Gasteiger charge is 2.27. The van der Waals surface area contributed by atoms with E-state index < -0.39 is 0 Å². The number of rotatable bonds is 1. The predicted octanol–water partition coefficient (Wildman–Crippen LogP) is 1.55. The fourth-order valence-electron chi connectivity index (χ4n) is 2.18. The molecule has 3 rings (SSSR count). The van der Waals surface area contributed by atoms with Crippen LogP contribution in [0.3, 0.4) is 0 Å². The second kappa shape index (κ2) is 3.40. The van der Waals surface area contributed by atoms with Crippen molar-refractivity contribution in [2.75, 3.05) is 6.54 Å². The highest BCUT2D eigenvalue weighted by atomic mass is 16.3. The number of nitrogens with one attached hydrogen (secondary N) is 2. The van der Waals surface area contributed by atoms with Crippen molar-refractivity contribution in [1.82, 2.24) is 10.3 Å². The van der Waals surface area contributed by atoms with Gasteiger partial charge in [-0.2, -0.15) is 0 Å². The van der Waals surface area contributed by atoms with Crippen molar-refractivity contribution >= 4 is 11.1 Å². The lowest BCUT2D eigenvalue weighted by Gasteiger charge is -2.27. The van der Waals surface area contributed by atoms with Crippen molar-refractivity contribution in [3.8, 4) is 0 Å². The molecule has 2 atom stereocenters. The Balaban J connectivity index is 1.95. The number of aromatic nitrogens is 1. The van der Waals surface area contributed by atoms with Crippen molar-refractivity contribution in [3.05, 3.63) is 24.1 Å². The van der Waals surface area contributed by atoms with Crippen LogP contribution >= 0.6 is 0 Å². The van der Waals surface area contributed by atoms with E-state index in [2.05, 4.69) is 10.3 Å². The zero-order chi connectivity index (χ0) is 10.3. The highest BCUT2D eigenvalue weighted by molar-refractivity contribution is 5.74. The topological polar surface area (TPSA) is 61.2 Å². The van der Waals surface area contributed by atoms with E-state index in [4.69, 9.17) is 4.42 Å². The second-order valence-corrected chi connectivity index (χ2v) is 4.05. The van der Waals surface area contributed by atoms with Gasteiger partial charge in [-0.05, 0) is 31.5 Å². The molecule has 0 aliphatic carbocycles. The molecule has 1 fully saturated rings. The van der Waals surface area contributed by atoms with Gasteiger partial charge in [0.05, 0.1) is 12.1 Å². The van der Waals surface area contributed by atoms with Gasteiger partial charge in [-0.1, -0.05) is 0 Å². The van der Waals surface area contributed by atoms with Crippen LogP contribution in [0, 0.1) is 0 Å². The second-order valence-electron chi connectivity index (χ2n) is 4.05. The molecule has 0 aromatic carbocycles. The van der Waals surface area contributed by atoms with Gasteiger partial charge in [0.2, 0.25) is 5.71 Å². The van der Waals surface area contributed by atoms with Crippen LogP contribution in [0.5, 0.6) is 0 Å². The van der Waals surface area contributed by atoms with E-state index in [-0.39, 0.29) is 12.1 Å². The van der Waals surface area contributed by atoms with Crippen LogP contribution in [0.4, 0.5) is 0 Å². The third kappa shape index (κ3) is 1.46. The summed E-state index contributed by atoms with van der Waals surface area (Å²) in [5, 5.41) is 14.2. The predicted molar refractivity (Wildman–Crippen MR) is 56.5 cm³/mol. The Morgan fingerprint density at radius 3 is 3.20 bits per heavy atom. The molecule has 1 aliphatic rings. The molecule has 3 N–H and O–H groups in total. The number of hydrogen-bond donors (Lipinski definition) is 3. The Labute approximate surface area is 87.3 Å². The molecule has 0 amide bonds. The zero-order valence-electron chi connectivity index (χ0n) is 8.36. The molecule has 0 bridgehead atoms. The minimum absolute atomic E-state index is 0.0560. The van der Waals surface area contributed by atoms with Gasteiger partial charge in [0, 0.05) is 11.6 Å². The number of aromatic amines is 1. The van der Waals surface area contributed by atoms with E-state index in [1.54, 1.807) is 0 Å². The van der Waals surface area contributed by atoms with E-state index in [1.807, 2.05) is 18.3 Å². The zero-order valence-corrected chi connectivity index (χ0v) is 8.36. The first-order chi connectivity index (χ1) is 7.34. The molecule has 0 spiro atoms. The van der Waals surface area contributed by atoms with E-state index in [9.17, 15) is 5.11 Å². The lowest BCUT2D eigenvalue weighted by Crippen LogP contribution is -2.37. The molecule has 2 aromatic rings.